The molecular formula is C13H20Cl2N2O. The second-order valence-corrected chi connectivity index (χ2v) is 5.13. The van der Waals surface area contributed by atoms with Crippen molar-refractivity contribution in [3.63, 3.8) is 0 Å². The average Bonchev–Trinajstić information content (AvgIpc) is 2.30. The molecule has 0 unspecified atom stereocenters. The lowest BCUT2D eigenvalue weighted by molar-refractivity contribution is 0.188. The number of aliphatic hydroxyl groups is 1. The zero-order valence-electron chi connectivity index (χ0n) is 10.9. The summed E-state index contributed by atoms with van der Waals surface area (Å²) >= 11 is 12.3. The molecule has 102 valence electrons. The number of aliphatic hydroxyl groups excluding tert-OH is 1. The van der Waals surface area contributed by atoms with Gasteiger partial charge >= 0.3 is 0 Å². The average molecular weight is 291 g/mol. The van der Waals surface area contributed by atoms with Crippen molar-refractivity contribution in [3.05, 3.63) is 27.5 Å². The maximum absolute atomic E-state index is 9.07. The van der Waals surface area contributed by atoms with E-state index in [9.17, 15) is 0 Å². The summed E-state index contributed by atoms with van der Waals surface area (Å²) in [6.07, 6.45) is 2.21. The highest BCUT2D eigenvalue weighted by molar-refractivity contribution is 6.35. The first kappa shape index (κ1) is 15.7. The standard InChI is InChI=1S/C13H20Cl2N2O/c1-3-4-5-17(6-7-18)9-11-12(14)8-10(2)16-13(11)15/h8,18H,3-7,9H2,1-2H3. The van der Waals surface area contributed by atoms with Gasteiger partial charge in [0, 0.05) is 29.4 Å². The van der Waals surface area contributed by atoms with Crippen molar-refractivity contribution < 1.29 is 5.11 Å². The first-order valence-electron chi connectivity index (χ1n) is 6.23. The number of hydrogen-bond acceptors (Lipinski definition) is 3. The van der Waals surface area contributed by atoms with Gasteiger partial charge in [-0.25, -0.2) is 4.98 Å². The summed E-state index contributed by atoms with van der Waals surface area (Å²) in [6.45, 7) is 6.33. The molecule has 1 N–H and O–H groups in total. The minimum absolute atomic E-state index is 0.137. The van der Waals surface area contributed by atoms with E-state index in [0.29, 0.717) is 23.3 Å². The van der Waals surface area contributed by atoms with Crippen LogP contribution in [0.15, 0.2) is 6.07 Å². The van der Waals surface area contributed by atoms with Crippen LogP contribution in [-0.2, 0) is 6.54 Å². The summed E-state index contributed by atoms with van der Waals surface area (Å²) in [5, 5.41) is 10.2. The van der Waals surface area contributed by atoms with Crippen molar-refractivity contribution in [2.45, 2.75) is 33.2 Å². The number of nitrogens with zero attached hydrogens (tertiary/aromatic N) is 2. The van der Waals surface area contributed by atoms with Gasteiger partial charge in [-0.05, 0) is 26.0 Å². The quantitative estimate of drug-likeness (QED) is 0.783. The first-order valence-corrected chi connectivity index (χ1v) is 6.98. The molecule has 0 amide bonds. The number of pyridine rings is 1. The molecule has 0 radical (unpaired) electrons. The van der Waals surface area contributed by atoms with E-state index in [2.05, 4.69) is 16.8 Å². The van der Waals surface area contributed by atoms with Gasteiger partial charge in [0.25, 0.3) is 0 Å². The molecule has 0 aliphatic heterocycles. The summed E-state index contributed by atoms with van der Waals surface area (Å²) in [6, 6.07) is 1.82. The van der Waals surface area contributed by atoms with Crippen LogP contribution in [0.25, 0.3) is 0 Å². The highest BCUT2D eigenvalue weighted by Crippen LogP contribution is 2.25. The summed E-state index contributed by atoms with van der Waals surface area (Å²) in [4.78, 5) is 6.37. The molecule has 0 spiro atoms. The summed E-state index contributed by atoms with van der Waals surface area (Å²) in [5.41, 5.74) is 1.66. The van der Waals surface area contributed by atoms with E-state index in [1.54, 1.807) is 0 Å². The Hall–Kier alpha value is -0.350. The Morgan fingerprint density at radius 2 is 2.06 bits per heavy atom. The third-order valence-corrected chi connectivity index (χ3v) is 3.42. The zero-order valence-corrected chi connectivity index (χ0v) is 12.4. The summed E-state index contributed by atoms with van der Waals surface area (Å²) < 4.78 is 0. The van der Waals surface area contributed by atoms with Crippen LogP contribution in [0.5, 0.6) is 0 Å². The first-order chi connectivity index (χ1) is 8.58. The maximum Gasteiger partial charge on any atom is 0.135 e. The second kappa shape index (κ2) is 7.95. The number of halogens is 2. The Morgan fingerprint density at radius 1 is 1.33 bits per heavy atom. The highest BCUT2D eigenvalue weighted by atomic mass is 35.5. The van der Waals surface area contributed by atoms with E-state index in [1.165, 1.54) is 0 Å². The minimum atomic E-state index is 0.137. The molecule has 18 heavy (non-hydrogen) atoms. The second-order valence-electron chi connectivity index (χ2n) is 4.37. The third-order valence-electron chi connectivity index (χ3n) is 2.77. The molecule has 3 nitrogen and oxygen atoms in total. The van der Waals surface area contributed by atoms with Crippen LogP contribution in [0.3, 0.4) is 0 Å². The molecule has 0 saturated carbocycles. The molecule has 1 rings (SSSR count). The summed E-state index contributed by atoms with van der Waals surface area (Å²) in [5.74, 6) is 0. The van der Waals surface area contributed by atoms with Gasteiger partial charge in [-0.15, -0.1) is 0 Å². The molecule has 0 aliphatic rings. The number of aromatic nitrogens is 1. The van der Waals surface area contributed by atoms with Crippen LogP contribution >= 0.6 is 23.2 Å². The van der Waals surface area contributed by atoms with Crippen molar-refractivity contribution in [1.29, 1.82) is 0 Å². The van der Waals surface area contributed by atoms with Crippen molar-refractivity contribution in [1.82, 2.24) is 9.88 Å². The molecule has 1 aromatic heterocycles. The number of unbranched alkanes of at least 4 members (excludes halogenated alkanes) is 1. The topological polar surface area (TPSA) is 36.4 Å². The number of rotatable bonds is 7. The molecule has 0 atom stereocenters. The fourth-order valence-corrected chi connectivity index (χ4v) is 2.43. The number of hydrogen-bond donors (Lipinski definition) is 1. The van der Waals surface area contributed by atoms with Gasteiger partial charge in [0.15, 0.2) is 0 Å². The molecule has 0 saturated heterocycles. The molecular weight excluding hydrogens is 271 g/mol. The normalized spacial score (nSPS) is 11.2. The van der Waals surface area contributed by atoms with Gasteiger partial charge in [-0.1, -0.05) is 36.5 Å². The summed E-state index contributed by atoms with van der Waals surface area (Å²) in [7, 11) is 0. The number of aryl methyl sites for hydroxylation is 1. The molecule has 1 heterocycles. The van der Waals surface area contributed by atoms with E-state index < -0.39 is 0 Å². The Kier molecular flexibility index (Phi) is 6.94. The molecule has 0 bridgehead atoms. The molecule has 0 fully saturated rings. The Balaban J connectivity index is 2.79. The zero-order chi connectivity index (χ0) is 13.5. The monoisotopic (exact) mass is 290 g/mol. The van der Waals surface area contributed by atoms with Gasteiger partial charge in [0.2, 0.25) is 0 Å². The van der Waals surface area contributed by atoms with E-state index in [-0.39, 0.29) is 6.61 Å². The molecule has 5 heteroatoms. The lowest BCUT2D eigenvalue weighted by Gasteiger charge is -2.22. The van der Waals surface area contributed by atoms with Gasteiger partial charge in [0.05, 0.1) is 6.61 Å². The highest BCUT2D eigenvalue weighted by Gasteiger charge is 2.13. The largest absolute Gasteiger partial charge is 0.395 e. The van der Waals surface area contributed by atoms with Gasteiger partial charge in [0.1, 0.15) is 5.15 Å². The SMILES string of the molecule is CCCCN(CCO)Cc1c(Cl)cc(C)nc1Cl. The molecule has 0 aliphatic carbocycles. The van der Waals surface area contributed by atoms with Crippen molar-refractivity contribution >= 4 is 23.2 Å². The van der Waals surface area contributed by atoms with Crippen molar-refractivity contribution in [2.24, 2.45) is 0 Å². The van der Waals surface area contributed by atoms with Gasteiger partial charge in [-0.2, -0.15) is 0 Å². The Morgan fingerprint density at radius 3 is 2.61 bits per heavy atom. The van der Waals surface area contributed by atoms with Crippen LogP contribution in [0.1, 0.15) is 31.0 Å². The molecule has 0 aromatic carbocycles. The lowest BCUT2D eigenvalue weighted by Crippen LogP contribution is -2.28. The smallest absolute Gasteiger partial charge is 0.135 e. The molecule has 1 aromatic rings. The minimum Gasteiger partial charge on any atom is -0.395 e. The Labute approximate surface area is 119 Å². The van der Waals surface area contributed by atoms with Crippen LogP contribution < -0.4 is 0 Å². The van der Waals surface area contributed by atoms with E-state index >= 15 is 0 Å². The Bertz CT molecular complexity index is 362. The van der Waals surface area contributed by atoms with Crippen LogP contribution in [0, 0.1) is 6.92 Å². The van der Waals surface area contributed by atoms with E-state index in [1.807, 2.05) is 13.0 Å². The van der Waals surface area contributed by atoms with Crippen molar-refractivity contribution in [2.75, 3.05) is 19.7 Å². The third kappa shape index (κ3) is 4.73. The fraction of sp³-hybridized carbons (Fsp3) is 0.615. The van der Waals surface area contributed by atoms with Crippen LogP contribution in [0.4, 0.5) is 0 Å². The van der Waals surface area contributed by atoms with Crippen LogP contribution in [0.2, 0.25) is 10.2 Å². The van der Waals surface area contributed by atoms with E-state index in [4.69, 9.17) is 28.3 Å². The predicted molar refractivity (Wildman–Crippen MR) is 76.3 cm³/mol. The fourth-order valence-electron chi connectivity index (χ4n) is 1.78. The maximum atomic E-state index is 9.07. The van der Waals surface area contributed by atoms with Gasteiger partial charge in [-0.3, -0.25) is 4.90 Å². The van der Waals surface area contributed by atoms with E-state index in [0.717, 1.165) is 30.6 Å². The predicted octanol–water partition coefficient (Wildman–Crippen LogP) is 3.29. The lowest BCUT2D eigenvalue weighted by atomic mass is 10.2. The van der Waals surface area contributed by atoms with Crippen molar-refractivity contribution in [3.8, 4) is 0 Å². The van der Waals surface area contributed by atoms with Crippen LogP contribution in [-0.4, -0.2) is 34.7 Å². The van der Waals surface area contributed by atoms with Gasteiger partial charge < -0.3 is 5.11 Å².